The fraction of sp³-hybridized carbons (Fsp3) is 0.0769. The molecule has 22 heavy (non-hydrogen) atoms. The standard InChI is InChI=1S/C13H10BrClN6S/c1-22-13-17-4-9-11(21-13)12(19-5-18-9)20-6-2-7(14)10(16)8(15)3-6/h2-5H,16H2,1H3,(H,18,19,20). The maximum absolute atomic E-state index is 6.09. The topological polar surface area (TPSA) is 89.6 Å². The molecule has 2 heterocycles. The molecular weight excluding hydrogens is 388 g/mol. The van der Waals surface area contributed by atoms with Crippen LogP contribution >= 0.6 is 39.3 Å². The summed E-state index contributed by atoms with van der Waals surface area (Å²) >= 11 is 10.9. The van der Waals surface area contributed by atoms with Gasteiger partial charge < -0.3 is 11.1 Å². The monoisotopic (exact) mass is 396 g/mol. The molecule has 0 atom stereocenters. The molecular formula is C13H10BrClN6S. The molecule has 0 saturated carbocycles. The van der Waals surface area contributed by atoms with Crippen molar-refractivity contribution in [2.24, 2.45) is 0 Å². The van der Waals surface area contributed by atoms with Crippen molar-refractivity contribution < 1.29 is 0 Å². The Labute approximate surface area is 144 Å². The summed E-state index contributed by atoms with van der Waals surface area (Å²) in [6.07, 6.45) is 5.04. The molecule has 0 aliphatic rings. The molecule has 0 aliphatic heterocycles. The van der Waals surface area contributed by atoms with E-state index in [4.69, 9.17) is 17.3 Å². The van der Waals surface area contributed by atoms with Crippen LogP contribution in [-0.4, -0.2) is 26.2 Å². The Bertz CT molecular complexity index is 836. The lowest BCUT2D eigenvalue weighted by Gasteiger charge is -2.10. The third kappa shape index (κ3) is 2.94. The minimum Gasteiger partial charge on any atom is -0.397 e. The highest BCUT2D eigenvalue weighted by molar-refractivity contribution is 9.10. The summed E-state index contributed by atoms with van der Waals surface area (Å²) in [4.78, 5) is 17.1. The molecule has 0 aliphatic carbocycles. The number of fused-ring (bicyclic) bond motifs is 1. The largest absolute Gasteiger partial charge is 0.397 e. The second-order valence-electron chi connectivity index (χ2n) is 4.29. The van der Waals surface area contributed by atoms with Gasteiger partial charge in [-0.05, 0) is 34.3 Å². The molecule has 2 aromatic heterocycles. The lowest BCUT2D eigenvalue weighted by Crippen LogP contribution is -2.00. The first-order valence-corrected chi connectivity index (χ1v) is 8.51. The quantitative estimate of drug-likeness (QED) is 0.394. The second-order valence-corrected chi connectivity index (χ2v) is 6.33. The Morgan fingerprint density at radius 3 is 2.82 bits per heavy atom. The number of nitrogens with one attached hydrogen (secondary N) is 1. The van der Waals surface area contributed by atoms with Crippen LogP contribution < -0.4 is 11.1 Å². The van der Waals surface area contributed by atoms with Crippen LogP contribution in [0, 0.1) is 0 Å². The molecule has 0 bridgehead atoms. The van der Waals surface area contributed by atoms with E-state index in [9.17, 15) is 0 Å². The predicted molar refractivity (Wildman–Crippen MR) is 93.8 cm³/mol. The molecule has 0 unspecified atom stereocenters. The van der Waals surface area contributed by atoms with Crippen molar-refractivity contribution in [1.82, 2.24) is 19.9 Å². The van der Waals surface area contributed by atoms with Gasteiger partial charge in [0.2, 0.25) is 0 Å². The molecule has 3 aromatic rings. The number of rotatable bonds is 3. The second kappa shape index (κ2) is 6.23. The minimum atomic E-state index is 0.453. The fourth-order valence-electron chi connectivity index (χ4n) is 1.82. The summed E-state index contributed by atoms with van der Waals surface area (Å²) in [7, 11) is 0. The average Bonchev–Trinajstić information content (AvgIpc) is 2.52. The normalized spacial score (nSPS) is 10.9. The molecule has 1 aromatic carbocycles. The van der Waals surface area contributed by atoms with Gasteiger partial charge in [0.15, 0.2) is 11.0 Å². The zero-order valence-electron chi connectivity index (χ0n) is 11.3. The smallest absolute Gasteiger partial charge is 0.188 e. The Balaban J connectivity index is 2.07. The van der Waals surface area contributed by atoms with E-state index in [1.165, 1.54) is 18.1 Å². The number of hydrogen-bond acceptors (Lipinski definition) is 7. The Hall–Kier alpha value is -1.64. The van der Waals surface area contributed by atoms with Gasteiger partial charge in [-0.25, -0.2) is 19.9 Å². The van der Waals surface area contributed by atoms with E-state index in [1.54, 1.807) is 12.3 Å². The molecule has 3 rings (SSSR count). The Morgan fingerprint density at radius 2 is 2.09 bits per heavy atom. The van der Waals surface area contributed by atoms with Gasteiger partial charge in [0.25, 0.3) is 0 Å². The molecule has 112 valence electrons. The lowest BCUT2D eigenvalue weighted by molar-refractivity contribution is 0.993. The number of aromatic nitrogens is 4. The molecule has 3 N–H and O–H groups in total. The van der Waals surface area contributed by atoms with Crippen LogP contribution in [-0.2, 0) is 0 Å². The van der Waals surface area contributed by atoms with Crippen LogP contribution in [0.15, 0.2) is 34.3 Å². The van der Waals surface area contributed by atoms with Gasteiger partial charge in [-0.2, -0.15) is 0 Å². The van der Waals surface area contributed by atoms with E-state index in [0.29, 0.717) is 37.2 Å². The predicted octanol–water partition coefficient (Wildman–Crippen LogP) is 3.88. The van der Waals surface area contributed by atoms with Gasteiger partial charge in [-0.3, -0.25) is 0 Å². The Morgan fingerprint density at radius 1 is 1.27 bits per heavy atom. The van der Waals surface area contributed by atoms with Crippen LogP contribution in [0.3, 0.4) is 0 Å². The van der Waals surface area contributed by atoms with E-state index in [0.717, 1.165) is 5.69 Å². The zero-order chi connectivity index (χ0) is 15.7. The molecule has 0 spiro atoms. The first kappa shape index (κ1) is 15.3. The average molecular weight is 398 g/mol. The summed E-state index contributed by atoms with van der Waals surface area (Å²) in [5, 5.41) is 4.29. The summed E-state index contributed by atoms with van der Waals surface area (Å²) in [6.45, 7) is 0. The van der Waals surface area contributed by atoms with E-state index < -0.39 is 0 Å². The Kier molecular flexibility index (Phi) is 4.32. The van der Waals surface area contributed by atoms with E-state index in [-0.39, 0.29) is 0 Å². The van der Waals surface area contributed by atoms with Crippen LogP contribution in [0.2, 0.25) is 5.02 Å². The molecule has 0 saturated heterocycles. The highest BCUT2D eigenvalue weighted by Gasteiger charge is 2.10. The molecule has 0 fully saturated rings. The fourth-order valence-corrected chi connectivity index (χ4v) is 2.96. The third-order valence-electron chi connectivity index (χ3n) is 2.88. The maximum Gasteiger partial charge on any atom is 0.188 e. The van der Waals surface area contributed by atoms with Gasteiger partial charge in [-0.1, -0.05) is 23.4 Å². The van der Waals surface area contributed by atoms with Crippen molar-refractivity contribution >= 4 is 67.5 Å². The molecule has 0 amide bonds. The van der Waals surface area contributed by atoms with Crippen LogP contribution in [0.25, 0.3) is 11.0 Å². The molecule has 9 heteroatoms. The number of halogens is 2. The van der Waals surface area contributed by atoms with Gasteiger partial charge in [0.05, 0.1) is 16.9 Å². The number of benzene rings is 1. The first-order valence-electron chi connectivity index (χ1n) is 6.12. The van der Waals surface area contributed by atoms with Crippen molar-refractivity contribution in [2.75, 3.05) is 17.3 Å². The summed E-state index contributed by atoms with van der Waals surface area (Å²) in [5.41, 5.74) is 8.36. The lowest BCUT2D eigenvalue weighted by atomic mass is 10.3. The number of nitrogen functional groups attached to an aromatic ring is 1. The van der Waals surface area contributed by atoms with Crippen molar-refractivity contribution in [3.05, 3.63) is 34.2 Å². The number of nitrogens with two attached hydrogens (primary N) is 1. The van der Waals surface area contributed by atoms with Crippen molar-refractivity contribution in [3.8, 4) is 0 Å². The minimum absolute atomic E-state index is 0.453. The van der Waals surface area contributed by atoms with E-state index in [1.807, 2.05) is 12.3 Å². The van der Waals surface area contributed by atoms with Crippen LogP contribution in [0.1, 0.15) is 0 Å². The summed E-state index contributed by atoms with van der Waals surface area (Å²) in [6, 6.07) is 3.55. The number of hydrogen-bond donors (Lipinski definition) is 2. The van der Waals surface area contributed by atoms with Gasteiger partial charge in [0.1, 0.15) is 17.4 Å². The van der Waals surface area contributed by atoms with Gasteiger partial charge in [0, 0.05) is 10.2 Å². The number of thioether (sulfide) groups is 1. The van der Waals surface area contributed by atoms with Crippen molar-refractivity contribution in [1.29, 1.82) is 0 Å². The van der Waals surface area contributed by atoms with E-state index in [2.05, 4.69) is 41.2 Å². The van der Waals surface area contributed by atoms with E-state index >= 15 is 0 Å². The third-order valence-corrected chi connectivity index (χ3v) is 4.41. The SMILES string of the molecule is CSc1ncc2ncnc(Nc3cc(Cl)c(N)c(Br)c3)c2n1. The van der Waals surface area contributed by atoms with Crippen molar-refractivity contribution in [2.45, 2.75) is 5.16 Å². The van der Waals surface area contributed by atoms with Crippen molar-refractivity contribution in [3.63, 3.8) is 0 Å². The highest BCUT2D eigenvalue weighted by atomic mass is 79.9. The van der Waals surface area contributed by atoms with Crippen LogP contribution in [0.5, 0.6) is 0 Å². The summed E-state index contributed by atoms with van der Waals surface area (Å²) < 4.78 is 0.709. The van der Waals surface area contributed by atoms with Crippen LogP contribution in [0.4, 0.5) is 17.2 Å². The first-order chi connectivity index (χ1) is 10.6. The zero-order valence-corrected chi connectivity index (χ0v) is 14.5. The van der Waals surface area contributed by atoms with Gasteiger partial charge >= 0.3 is 0 Å². The maximum atomic E-state index is 6.09. The molecule has 6 nitrogen and oxygen atoms in total. The summed E-state index contributed by atoms with van der Waals surface area (Å²) in [5.74, 6) is 0.579. The number of nitrogens with zero attached hydrogens (tertiary/aromatic N) is 4. The highest BCUT2D eigenvalue weighted by Crippen LogP contribution is 2.33. The number of anilines is 3. The van der Waals surface area contributed by atoms with Gasteiger partial charge in [-0.15, -0.1) is 0 Å². The molecule has 0 radical (unpaired) electrons.